The van der Waals surface area contributed by atoms with E-state index >= 15 is 0 Å². The Hall–Kier alpha value is -0.950. The van der Waals surface area contributed by atoms with Crippen LogP contribution >= 0.6 is 0 Å². The first-order valence-corrected chi connectivity index (χ1v) is 27.1. The van der Waals surface area contributed by atoms with Gasteiger partial charge in [-0.2, -0.15) is 0 Å². The van der Waals surface area contributed by atoms with Gasteiger partial charge < -0.3 is 25.7 Å². The average molecular weight is 850 g/mol. The van der Waals surface area contributed by atoms with E-state index < -0.39 is 36.9 Å². The molecule has 0 saturated heterocycles. The Kier molecular flexibility index (Phi) is 48.3. The second-order valence-corrected chi connectivity index (χ2v) is 18.9. The van der Waals surface area contributed by atoms with Crippen molar-refractivity contribution in [2.24, 2.45) is 0 Å². The third-order valence-electron chi connectivity index (χ3n) is 13.0. The van der Waals surface area contributed by atoms with E-state index in [9.17, 15) is 25.2 Å². The van der Waals surface area contributed by atoms with Crippen molar-refractivity contribution in [2.45, 2.75) is 321 Å². The highest BCUT2D eigenvalue weighted by atomic mass is 16.3. The standard InChI is InChI=1S/C54H107NO5/c1-3-5-7-9-11-13-15-17-19-21-22-23-24-25-26-27-28-29-30-32-34-36-38-40-42-44-46-48-52(58)54(60)55-50(49-56)53(59)51(57)47-45-43-41-39-37-35-33-31-20-18-16-14-12-10-8-6-4-2/h39,41,50-53,56-59H,3-38,40,42-49H2,1-2H3,(H,55,60)/b41-39+. The number of unbranched alkanes of at least 4 members (excludes halogenated alkanes) is 39. The van der Waals surface area contributed by atoms with E-state index in [0.29, 0.717) is 12.8 Å². The molecular formula is C54H107NO5. The molecule has 0 fully saturated rings. The number of aliphatic hydroxyl groups excluding tert-OH is 4. The molecule has 0 aliphatic rings. The van der Waals surface area contributed by atoms with Crippen molar-refractivity contribution in [3.63, 3.8) is 0 Å². The van der Waals surface area contributed by atoms with Crippen LogP contribution in [-0.2, 0) is 4.79 Å². The summed E-state index contributed by atoms with van der Waals surface area (Å²) < 4.78 is 0. The number of allylic oxidation sites excluding steroid dienone is 2. The third kappa shape index (κ3) is 42.4. The summed E-state index contributed by atoms with van der Waals surface area (Å²) in [5, 5.41) is 43.9. The minimum absolute atomic E-state index is 0.369. The van der Waals surface area contributed by atoms with Crippen LogP contribution < -0.4 is 5.32 Å². The van der Waals surface area contributed by atoms with E-state index in [2.05, 4.69) is 31.3 Å². The predicted octanol–water partition coefficient (Wildman–Crippen LogP) is 15.3. The Morgan fingerprint density at radius 1 is 0.400 bits per heavy atom. The fourth-order valence-electron chi connectivity index (χ4n) is 8.70. The second-order valence-electron chi connectivity index (χ2n) is 18.9. The molecule has 0 aromatic heterocycles. The lowest BCUT2D eigenvalue weighted by atomic mass is 10.00. The first kappa shape index (κ1) is 59.0. The molecule has 1 amide bonds. The van der Waals surface area contributed by atoms with Crippen molar-refractivity contribution in [1.82, 2.24) is 5.32 Å². The highest BCUT2D eigenvalue weighted by Gasteiger charge is 2.28. The van der Waals surface area contributed by atoms with Crippen molar-refractivity contribution in [2.75, 3.05) is 6.61 Å². The zero-order chi connectivity index (χ0) is 43.8. The van der Waals surface area contributed by atoms with E-state index in [1.807, 2.05) is 0 Å². The zero-order valence-corrected chi connectivity index (χ0v) is 40.5. The Morgan fingerprint density at radius 2 is 0.683 bits per heavy atom. The Balaban J connectivity index is 3.61. The predicted molar refractivity (Wildman–Crippen MR) is 261 cm³/mol. The van der Waals surface area contributed by atoms with Crippen LogP contribution in [0, 0.1) is 0 Å². The average Bonchev–Trinajstić information content (AvgIpc) is 3.25. The Bertz CT molecular complexity index is 867. The molecule has 0 aliphatic heterocycles. The molecular weight excluding hydrogens is 743 g/mol. The molecule has 358 valence electrons. The van der Waals surface area contributed by atoms with Gasteiger partial charge in [0.05, 0.1) is 18.8 Å². The van der Waals surface area contributed by atoms with Gasteiger partial charge in [0.15, 0.2) is 0 Å². The van der Waals surface area contributed by atoms with Crippen molar-refractivity contribution >= 4 is 5.91 Å². The van der Waals surface area contributed by atoms with E-state index in [1.165, 1.54) is 231 Å². The quantitative estimate of drug-likeness (QED) is 0.0309. The molecule has 0 spiro atoms. The van der Waals surface area contributed by atoms with Crippen molar-refractivity contribution in [3.8, 4) is 0 Å². The van der Waals surface area contributed by atoms with Crippen molar-refractivity contribution < 1.29 is 25.2 Å². The lowest BCUT2D eigenvalue weighted by molar-refractivity contribution is -0.132. The van der Waals surface area contributed by atoms with Crippen molar-refractivity contribution in [3.05, 3.63) is 12.2 Å². The van der Waals surface area contributed by atoms with Gasteiger partial charge in [-0.3, -0.25) is 4.79 Å². The van der Waals surface area contributed by atoms with Gasteiger partial charge >= 0.3 is 0 Å². The van der Waals surface area contributed by atoms with E-state index in [-0.39, 0.29) is 0 Å². The van der Waals surface area contributed by atoms with E-state index in [4.69, 9.17) is 0 Å². The van der Waals surface area contributed by atoms with Crippen LogP contribution in [0.15, 0.2) is 12.2 Å². The smallest absolute Gasteiger partial charge is 0.249 e. The fourth-order valence-corrected chi connectivity index (χ4v) is 8.70. The lowest BCUT2D eigenvalue weighted by Gasteiger charge is -2.27. The number of nitrogens with one attached hydrogen (secondary N) is 1. The highest BCUT2D eigenvalue weighted by molar-refractivity contribution is 5.80. The van der Waals surface area contributed by atoms with Crippen LogP contribution in [-0.4, -0.2) is 57.3 Å². The van der Waals surface area contributed by atoms with Crippen LogP contribution in [0.25, 0.3) is 0 Å². The molecule has 0 aliphatic carbocycles. The maximum Gasteiger partial charge on any atom is 0.249 e. The number of aliphatic hydroxyl groups is 4. The van der Waals surface area contributed by atoms with E-state index in [1.54, 1.807) is 0 Å². The summed E-state index contributed by atoms with van der Waals surface area (Å²) in [6, 6.07) is -0.998. The summed E-state index contributed by atoms with van der Waals surface area (Å²) >= 11 is 0. The summed E-state index contributed by atoms with van der Waals surface area (Å²) in [6.07, 6.45) is 57.1. The molecule has 4 unspecified atom stereocenters. The van der Waals surface area contributed by atoms with Crippen LogP contribution in [0.3, 0.4) is 0 Å². The first-order chi connectivity index (χ1) is 29.5. The van der Waals surface area contributed by atoms with Crippen LogP contribution in [0.1, 0.15) is 296 Å². The normalized spacial score (nSPS) is 13.9. The van der Waals surface area contributed by atoms with Gasteiger partial charge in [0, 0.05) is 0 Å². The van der Waals surface area contributed by atoms with Gasteiger partial charge in [-0.1, -0.05) is 270 Å². The van der Waals surface area contributed by atoms with Gasteiger partial charge in [0.2, 0.25) is 5.91 Å². The highest BCUT2D eigenvalue weighted by Crippen LogP contribution is 2.18. The third-order valence-corrected chi connectivity index (χ3v) is 13.0. The lowest BCUT2D eigenvalue weighted by Crippen LogP contribution is -2.53. The SMILES string of the molecule is CCCCCCCCCCCCCC/C=C/CCCC(O)C(O)C(CO)NC(=O)C(O)CCCCCCCCCCCCCCCCCCCCCCCCCCCCC. The van der Waals surface area contributed by atoms with Gasteiger partial charge in [0.25, 0.3) is 0 Å². The fraction of sp³-hybridized carbons (Fsp3) is 0.944. The van der Waals surface area contributed by atoms with Gasteiger partial charge in [-0.25, -0.2) is 0 Å². The molecule has 0 bridgehead atoms. The summed E-state index contributed by atoms with van der Waals surface area (Å²) in [4.78, 5) is 12.6. The molecule has 0 heterocycles. The minimum atomic E-state index is -1.28. The van der Waals surface area contributed by atoms with E-state index in [0.717, 1.165) is 38.5 Å². The van der Waals surface area contributed by atoms with Crippen LogP contribution in [0.2, 0.25) is 0 Å². The molecule has 6 nitrogen and oxygen atoms in total. The largest absolute Gasteiger partial charge is 0.394 e. The molecule has 0 aromatic rings. The van der Waals surface area contributed by atoms with Crippen molar-refractivity contribution in [1.29, 1.82) is 0 Å². The number of amides is 1. The summed E-state index contributed by atoms with van der Waals surface area (Å²) in [5.74, 6) is -0.587. The molecule has 0 rings (SSSR count). The number of rotatable bonds is 50. The first-order valence-electron chi connectivity index (χ1n) is 27.1. The second kappa shape index (κ2) is 49.1. The number of carbonyl (C=O) groups is 1. The summed E-state index contributed by atoms with van der Waals surface area (Å²) in [5.41, 5.74) is 0. The molecule has 4 atom stereocenters. The molecule has 60 heavy (non-hydrogen) atoms. The number of carbonyl (C=O) groups excluding carboxylic acids is 1. The Labute approximate surface area is 374 Å². The summed E-state index contributed by atoms with van der Waals surface area (Å²) in [6.45, 7) is 4.07. The molecule has 6 heteroatoms. The monoisotopic (exact) mass is 850 g/mol. The van der Waals surface area contributed by atoms with Crippen LogP contribution in [0.4, 0.5) is 0 Å². The molecule has 0 saturated carbocycles. The number of hydrogen-bond acceptors (Lipinski definition) is 5. The van der Waals surface area contributed by atoms with Gasteiger partial charge in [0.1, 0.15) is 12.2 Å². The molecule has 5 N–H and O–H groups in total. The van der Waals surface area contributed by atoms with Gasteiger partial charge in [-0.05, 0) is 38.5 Å². The number of hydrogen-bond donors (Lipinski definition) is 5. The Morgan fingerprint density at radius 3 is 1.00 bits per heavy atom. The zero-order valence-electron chi connectivity index (χ0n) is 40.5. The minimum Gasteiger partial charge on any atom is -0.394 e. The topological polar surface area (TPSA) is 110 Å². The van der Waals surface area contributed by atoms with Gasteiger partial charge in [-0.15, -0.1) is 0 Å². The molecule has 0 radical (unpaired) electrons. The summed E-state index contributed by atoms with van der Waals surface area (Å²) in [7, 11) is 0. The maximum absolute atomic E-state index is 12.6. The van der Waals surface area contributed by atoms with Crippen LogP contribution in [0.5, 0.6) is 0 Å². The maximum atomic E-state index is 12.6. The molecule has 0 aromatic carbocycles.